The summed E-state index contributed by atoms with van der Waals surface area (Å²) in [7, 11) is 0. The Balaban J connectivity index is 1.38. The Hall–Kier alpha value is -2.44. The van der Waals surface area contributed by atoms with Gasteiger partial charge in [0.25, 0.3) is 5.91 Å². The molecule has 1 aromatic heterocycles. The third kappa shape index (κ3) is 5.28. The number of benzene rings is 2. The number of aryl methyl sites for hydroxylation is 1. The van der Waals surface area contributed by atoms with E-state index in [0.717, 1.165) is 20.8 Å². The average molecular weight is 389 g/mol. The fourth-order valence-electron chi connectivity index (χ4n) is 2.35. The summed E-state index contributed by atoms with van der Waals surface area (Å²) in [6, 6.07) is 15.0. The Labute approximate surface area is 160 Å². The zero-order valence-corrected chi connectivity index (χ0v) is 15.5. The van der Waals surface area contributed by atoms with Gasteiger partial charge in [0.2, 0.25) is 0 Å². The Morgan fingerprint density at radius 1 is 1.15 bits per heavy atom. The van der Waals surface area contributed by atoms with Crippen LogP contribution in [0.3, 0.4) is 0 Å². The van der Waals surface area contributed by atoms with Gasteiger partial charge >= 0.3 is 5.97 Å². The fraction of sp³-hybridized carbons (Fsp3) is 0.211. The number of ether oxygens (including phenoxy) is 1. The second-order valence-corrected chi connectivity index (χ2v) is 7.19. The van der Waals surface area contributed by atoms with Gasteiger partial charge in [-0.2, -0.15) is 0 Å². The van der Waals surface area contributed by atoms with E-state index in [1.165, 1.54) is 0 Å². The zero-order chi connectivity index (χ0) is 18.4. The molecule has 3 rings (SSSR count). The van der Waals surface area contributed by atoms with Crippen LogP contribution in [0.2, 0.25) is 5.02 Å². The van der Waals surface area contributed by atoms with Crippen molar-refractivity contribution in [3.63, 3.8) is 0 Å². The highest BCUT2D eigenvalue weighted by molar-refractivity contribution is 7.18. The molecule has 3 aromatic rings. The molecule has 26 heavy (non-hydrogen) atoms. The fourth-order valence-corrected chi connectivity index (χ4v) is 3.53. The van der Waals surface area contributed by atoms with Crippen molar-refractivity contribution in [3.05, 3.63) is 64.1 Å². The van der Waals surface area contributed by atoms with E-state index in [0.29, 0.717) is 18.0 Å². The van der Waals surface area contributed by atoms with Gasteiger partial charge in [0.15, 0.2) is 6.61 Å². The maximum Gasteiger partial charge on any atom is 0.306 e. The molecule has 0 unspecified atom stereocenters. The Kier molecular flexibility index (Phi) is 6.20. The molecule has 1 amide bonds. The molecule has 2 aromatic carbocycles. The number of hydrogen-bond acceptors (Lipinski definition) is 5. The van der Waals surface area contributed by atoms with Crippen LogP contribution in [0.5, 0.6) is 0 Å². The molecule has 0 bridgehead atoms. The van der Waals surface area contributed by atoms with Gasteiger partial charge < -0.3 is 10.1 Å². The number of hydrogen-bond donors (Lipinski definition) is 1. The monoisotopic (exact) mass is 388 g/mol. The van der Waals surface area contributed by atoms with Crippen LogP contribution in [-0.2, 0) is 27.3 Å². The summed E-state index contributed by atoms with van der Waals surface area (Å²) in [4.78, 5) is 28.0. The zero-order valence-electron chi connectivity index (χ0n) is 13.9. The minimum atomic E-state index is -0.415. The lowest BCUT2D eigenvalue weighted by Gasteiger charge is -2.06. The van der Waals surface area contributed by atoms with Gasteiger partial charge in [-0.15, -0.1) is 11.3 Å². The molecular weight excluding hydrogens is 372 g/mol. The molecule has 0 radical (unpaired) electrons. The third-order valence-corrected chi connectivity index (χ3v) is 4.96. The first-order chi connectivity index (χ1) is 12.6. The minimum absolute atomic E-state index is 0.196. The Morgan fingerprint density at radius 2 is 2.00 bits per heavy atom. The Morgan fingerprint density at radius 3 is 2.81 bits per heavy atom. The highest BCUT2D eigenvalue weighted by atomic mass is 35.5. The predicted molar refractivity (Wildman–Crippen MR) is 102 cm³/mol. The van der Waals surface area contributed by atoms with Crippen molar-refractivity contribution in [2.45, 2.75) is 19.4 Å². The van der Waals surface area contributed by atoms with E-state index in [-0.39, 0.29) is 18.9 Å². The van der Waals surface area contributed by atoms with Crippen LogP contribution in [0.4, 0.5) is 0 Å². The van der Waals surface area contributed by atoms with Gasteiger partial charge in [0.1, 0.15) is 0 Å². The number of amides is 1. The largest absolute Gasteiger partial charge is 0.456 e. The standard InChI is InChI=1S/C19H17ClN2O3S/c20-14-5-3-4-13(10-14)11-21-17(23)12-25-19(24)9-8-18-22-15-6-1-2-7-16(15)26-18/h1-7,10H,8-9,11-12H2,(H,21,23). The number of rotatable bonds is 7. The summed E-state index contributed by atoms with van der Waals surface area (Å²) in [6.07, 6.45) is 0.698. The number of carbonyl (C=O) groups excluding carboxylic acids is 2. The SMILES string of the molecule is O=C(COC(=O)CCc1nc2ccccc2s1)NCc1cccc(Cl)c1. The van der Waals surface area contributed by atoms with Crippen LogP contribution >= 0.6 is 22.9 Å². The first-order valence-electron chi connectivity index (χ1n) is 8.11. The van der Waals surface area contributed by atoms with Crippen molar-refractivity contribution in [2.75, 3.05) is 6.61 Å². The summed E-state index contributed by atoms with van der Waals surface area (Å²) in [5.74, 6) is -0.763. The lowest BCUT2D eigenvalue weighted by molar-refractivity contribution is -0.148. The second kappa shape index (κ2) is 8.78. The van der Waals surface area contributed by atoms with Gasteiger partial charge in [-0.05, 0) is 29.8 Å². The summed E-state index contributed by atoms with van der Waals surface area (Å²) in [6.45, 7) is 0.0435. The number of nitrogens with zero attached hydrogens (tertiary/aromatic N) is 1. The minimum Gasteiger partial charge on any atom is -0.456 e. The first kappa shape index (κ1) is 18.4. The number of thiazole rings is 1. The quantitative estimate of drug-likeness (QED) is 0.626. The molecule has 0 atom stereocenters. The van der Waals surface area contributed by atoms with E-state index >= 15 is 0 Å². The first-order valence-corrected chi connectivity index (χ1v) is 9.31. The Bertz CT molecular complexity index is 893. The van der Waals surface area contributed by atoms with Crippen LogP contribution in [0.15, 0.2) is 48.5 Å². The number of halogens is 1. The van der Waals surface area contributed by atoms with Crippen LogP contribution in [0.25, 0.3) is 10.2 Å². The normalized spacial score (nSPS) is 10.7. The number of aromatic nitrogens is 1. The average Bonchev–Trinajstić information content (AvgIpc) is 3.06. The molecule has 0 aliphatic heterocycles. The van der Waals surface area contributed by atoms with E-state index in [2.05, 4.69) is 10.3 Å². The van der Waals surface area contributed by atoms with Gasteiger partial charge in [-0.25, -0.2) is 4.98 Å². The van der Waals surface area contributed by atoms with E-state index < -0.39 is 5.97 Å². The summed E-state index contributed by atoms with van der Waals surface area (Å²) in [5.41, 5.74) is 1.81. The highest BCUT2D eigenvalue weighted by Crippen LogP contribution is 2.22. The maximum atomic E-state index is 11.8. The van der Waals surface area contributed by atoms with Crippen molar-refractivity contribution in [2.24, 2.45) is 0 Å². The molecule has 1 N–H and O–H groups in total. The van der Waals surface area contributed by atoms with Crippen LogP contribution in [0, 0.1) is 0 Å². The lowest BCUT2D eigenvalue weighted by atomic mass is 10.2. The van der Waals surface area contributed by atoms with E-state index in [1.54, 1.807) is 23.5 Å². The van der Waals surface area contributed by atoms with E-state index in [1.807, 2.05) is 36.4 Å². The van der Waals surface area contributed by atoms with Gasteiger partial charge in [0, 0.05) is 18.0 Å². The van der Waals surface area contributed by atoms with Crippen molar-refractivity contribution in [1.29, 1.82) is 0 Å². The van der Waals surface area contributed by atoms with Gasteiger partial charge in [-0.1, -0.05) is 35.9 Å². The van der Waals surface area contributed by atoms with Crippen LogP contribution in [0.1, 0.15) is 17.0 Å². The van der Waals surface area contributed by atoms with Crippen molar-refractivity contribution in [3.8, 4) is 0 Å². The second-order valence-electron chi connectivity index (χ2n) is 5.64. The number of nitrogens with one attached hydrogen (secondary N) is 1. The van der Waals surface area contributed by atoms with Crippen LogP contribution in [-0.4, -0.2) is 23.5 Å². The summed E-state index contributed by atoms with van der Waals surface area (Å²) >= 11 is 7.45. The molecule has 0 aliphatic carbocycles. The molecule has 7 heteroatoms. The molecule has 0 saturated carbocycles. The topological polar surface area (TPSA) is 68.3 Å². The third-order valence-electron chi connectivity index (χ3n) is 3.62. The molecule has 1 heterocycles. The predicted octanol–water partition coefficient (Wildman–Crippen LogP) is 3.74. The molecule has 134 valence electrons. The summed E-state index contributed by atoms with van der Waals surface area (Å²) < 4.78 is 6.11. The molecular formula is C19H17ClN2O3S. The number of carbonyl (C=O) groups is 2. The number of esters is 1. The molecule has 0 aliphatic rings. The lowest BCUT2D eigenvalue weighted by Crippen LogP contribution is -2.28. The number of fused-ring (bicyclic) bond motifs is 1. The van der Waals surface area contributed by atoms with Crippen molar-refractivity contribution >= 4 is 45.0 Å². The van der Waals surface area contributed by atoms with Crippen molar-refractivity contribution < 1.29 is 14.3 Å². The smallest absolute Gasteiger partial charge is 0.306 e. The van der Waals surface area contributed by atoms with Crippen molar-refractivity contribution in [1.82, 2.24) is 10.3 Å². The van der Waals surface area contributed by atoms with E-state index in [9.17, 15) is 9.59 Å². The molecule has 0 saturated heterocycles. The maximum absolute atomic E-state index is 11.8. The van der Waals surface area contributed by atoms with E-state index in [4.69, 9.17) is 16.3 Å². The number of para-hydroxylation sites is 1. The molecule has 0 spiro atoms. The summed E-state index contributed by atoms with van der Waals surface area (Å²) in [5, 5.41) is 4.18. The molecule has 5 nitrogen and oxygen atoms in total. The van der Waals surface area contributed by atoms with Gasteiger partial charge in [-0.3, -0.25) is 9.59 Å². The molecule has 0 fully saturated rings. The van der Waals surface area contributed by atoms with Gasteiger partial charge in [0.05, 0.1) is 21.6 Å². The van der Waals surface area contributed by atoms with Crippen LogP contribution < -0.4 is 5.32 Å². The highest BCUT2D eigenvalue weighted by Gasteiger charge is 2.10.